The number of amides is 1. The highest BCUT2D eigenvalue weighted by molar-refractivity contribution is 7.98. The second kappa shape index (κ2) is 8.28. The topological polar surface area (TPSA) is 63.9 Å². The lowest BCUT2D eigenvalue weighted by Gasteiger charge is -2.20. The van der Waals surface area contributed by atoms with Crippen molar-refractivity contribution in [1.82, 2.24) is 19.7 Å². The SMILES string of the molecule is CCn1c(SCc2csc(N(C(C)=O)c3ccc(C)cc3C)n2)nnc1C1CC1. The maximum atomic E-state index is 12.4. The third-order valence-corrected chi connectivity index (χ3v) is 6.87. The molecule has 152 valence electrons. The smallest absolute Gasteiger partial charge is 0.230 e. The van der Waals surface area contributed by atoms with Crippen LogP contribution in [-0.2, 0) is 17.1 Å². The van der Waals surface area contributed by atoms with Gasteiger partial charge in [0.15, 0.2) is 10.3 Å². The van der Waals surface area contributed by atoms with Gasteiger partial charge in [0, 0.05) is 30.5 Å². The molecule has 1 aliphatic rings. The monoisotopic (exact) mass is 427 g/mol. The van der Waals surface area contributed by atoms with Crippen LogP contribution in [0, 0.1) is 13.8 Å². The summed E-state index contributed by atoms with van der Waals surface area (Å²) in [6.45, 7) is 8.68. The molecule has 1 saturated carbocycles. The molecule has 0 unspecified atom stereocenters. The van der Waals surface area contributed by atoms with Gasteiger partial charge in [-0.2, -0.15) is 0 Å². The summed E-state index contributed by atoms with van der Waals surface area (Å²) in [4.78, 5) is 18.8. The molecule has 0 radical (unpaired) electrons. The van der Waals surface area contributed by atoms with E-state index in [-0.39, 0.29) is 5.91 Å². The van der Waals surface area contributed by atoms with Crippen LogP contribution in [0.4, 0.5) is 10.8 Å². The van der Waals surface area contributed by atoms with Gasteiger partial charge in [0.1, 0.15) is 5.82 Å². The van der Waals surface area contributed by atoms with Gasteiger partial charge in [0.2, 0.25) is 5.91 Å². The van der Waals surface area contributed by atoms with Crippen LogP contribution in [0.25, 0.3) is 0 Å². The molecular formula is C21H25N5OS2. The first-order valence-electron chi connectivity index (χ1n) is 9.86. The fourth-order valence-corrected chi connectivity index (χ4v) is 5.30. The van der Waals surface area contributed by atoms with Crippen molar-refractivity contribution in [3.05, 3.63) is 46.2 Å². The maximum Gasteiger partial charge on any atom is 0.230 e. The van der Waals surface area contributed by atoms with E-state index >= 15 is 0 Å². The number of carbonyl (C=O) groups excluding carboxylic acids is 1. The Balaban J connectivity index is 1.52. The molecule has 0 aliphatic heterocycles. The minimum absolute atomic E-state index is 0.0368. The molecule has 3 aromatic rings. The zero-order chi connectivity index (χ0) is 20.5. The van der Waals surface area contributed by atoms with Crippen molar-refractivity contribution in [1.29, 1.82) is 0 Å². The highest BCUT2D eigenvalue weighted by atomic mass is 32.2. The number of aryl methyl sites for hydroxylation is 2. The van der Waals surface area contributed by atoms with Crippen LogP contribution >= 0.6 is 23.1 Å². The third-order valence-electron chi connectivity index (χ3n) is 4.99. The van der Waals surface area contributed by atoms with Crippen LogP contribution in [0.2, 0.25) is 0 Å². The Morgan fingerprint density at radius 2 is 2.10 bits per heavy atom. The van der Waals surface area contributed by atoms with Crippen molar-refractivity contribution < 1.29 is 4.79 Å². The number of thioether (sulfide) groups is 1. The minimum atomic E-state index is -0.0368. The number of benzene rings is 1. The van der Waals surface area contributed by atoms with Gasteiger partial charge < -0.3 is 4.57 Å². The van der Waals surface area contributed by atoms with Crippen molar-refractivity contribution >= 4 is 39.8 Å². The van der Waals surface area contributed by atoms with Gasteiger partial charge in [-0.1, -0.05) is 29.5 Å². The molecule has 29 heavy (non-hydrogen) atoms. The van der Waals surface area contributed by atoms with Crippen molar-refractivity contribution in [2.24, 2.45) is 0 Å². The van der Waals surface area contributed by atoms with E-state index in [0.717, 1.165) is 34.5 Å². The standard InChI is InChI=1S/C21H25N5OS2/c1-5-25-19(16-7-8-16)23-24-21(25)29-12-17-11-28-20(22-17)26(15(4)27)18-9-6-13(2)10-14(18)3/h6,9-11,16H,5,7-8,12H2,1-4H3. The van der Waals surface area contributed by atoms with Crippen LogP contribution in [0.1, 0.15) is 55.3 Å². The number of nitrogens with zero attached hydrogens (tertiary/aromatic N) is 5. The predicted octanol–water partition coefficient (Wildman–Crippen LogP) is 5.23. The van der Waals surface area contributed by atoms with Gasteiger partial charge in [0.25, 0.3) is 0 Å². The molecule has 4 rings (SSSR count). The van der Waals surface area contributed by atoms with E-state index in [9.17, 15) is 4.79 Å². The number of aromatic nitrogens is 4. The lowest BCUT2D eigenvalue weighted by atomic mass is 10.1. The normalized spacial score (nSPS) is 13.7. The lowest BCUT2D eigenvalue weighted by molar-refractivity contribution is -0.115. The Hall–Kier alpha value is -2.19. The molecule has 1 aromatic carbocycles. The van der Waals surface area contributed by atoms with Gasteiger partial charge >= 0.3 is 0 Å². The molecular weight excluding hydrogens is 402 g/mol. The van der Waals surface area contributed by atoms with Crippen LogP contribution in [0.3, 0.4) is 0 Å². The number of thiazole rings is 1. The number of anilines is 2. The molecule has 0 spiro atoms. The zero-order valence-electron chi connectivity index (χ0n) is 17.2. The number of carbonyl (C=O) groups is 1. The summed E-state index contributed by atoms with van der Waals surface area (Å²) in [7, 11) is 0. The van der Waals surface area contributed by atoms with Crippen molar-refractivity contribution in [3.63, 3.8) is 0 Å². The Labute approximate surface area is 179 Å². The second-order valence-electron chi connectivity index (χ2n) is 7.41. The largest absolute Gasteiger partial charge is 0.306 e. The molecule has 0 saturated heterocycles. The van der Waals surface area contributed by atoms with Crippen LogP contribution < -0.4 is 4.90 Å². The Kier molecular flexibility index (Phi) is 5.74. The van der Waals surface area contributed by atoms with E-state index in [0.29, 0.717) is 16.8 Å². The molecule has 8 heteroatoms. The fraction of sp³-hybridized carbons (Fsp3) is 0.429. The first-order chi connectivity index (χ1) is 14.0. The van der Waals surface area contributed by atoms with Crippen LogP contribution in [-0.4, -0.2) is 25.7 Å². The highest BCUT2D eigenvalue weighted by Gasteiger charge is 2.30. The van der Waals surface area contributed by atoms with Gasteiger partial charge in [0.05, 0.1) is 11.4 Å². The molecule has 0 N–H and O–H groups in total. The molecule has 1 fully saturated rings. The average molecular weight is 428 g/mol. The average Bonchev–Trinajstić information content (AvgIpc) is 3.28. The number of hydrogen-bond donors (Lipinski definition) is 0. The first-order valence-corrected chi connectivity index (χ1v) is 11.7. The summed E-state index contributed by atoms with van der Waals surface area (Å²) in [6, 6.07) is 6.10. The van der Waals surface area contributed by atoms with Gasteiger partial charge in [-0.3, -0.25) is 9.69 Å². The molecule has 2 heterocycles. The molecule has 6 nitrogen and oxygen atoms in total. The first kappa shape index (κ1) is 20.1. The van der Waals surface area contributed by atoms with Gasteiger partial charge in [-0.15, -0.1) is 21.5 Å². The van der Waals surface area contributed by atoms with E-state index < -0.39 is 0 Å². The molecule has 0 atom stereocenters. The van der Waals surface area contributed by atoms with Crippen molar-refractivity contribution in [2.45, 2.75) is 63.9 Å². The molecule has 1 aliphatic carbocycles. The maximum absolute atomic E-state index is 12.4. The third kappa shape index (κ3) is 4.23. The molecule has 0 bridgehead atoms. The van der Waals surface area contributed by atoms with Gasteiger partial charge in [-0.25, -0.2) is 4.98 Å². The minimum Gasteiger partial charge on any atom is -0.306 e. The molecule has 2 aromatic heterocycles. The summed E-state index contributed by atoms with van der Waals surface area (Å²) >= 11 is 3.15. The van der Waals surface area contributed by atoms with E-state index in [1.54, 1.807) is 23.6 Å². The summed E-state index contributed by atoms with van der Waals surface area (Å²) in [5.74, 6) is 2.37. The Bertz CT molecular complexity index is 1040. The van der Waals surface area contributed by atoms with Crippen molar-refractivity contribution in [3.8, 4) is 0 Å². The summed E-state index contributed by atoms with van der Waals surface area (Å²) < 4.78 is 2.22. The van der Waals surface area contributed by atoms with Gasteiger partial charge in [-0.05, 0) is 45.2 Å². The Morgan fingerprint density at radius 3 is 2.76 bits per heavy atom. The fourth-order valence-electron chi connectivity index (χ4n) is 3.41. The lowest BCUT2D eigenvalue weighted by Crippen LogP contribution is -2.23. The van der Waals surface area contributed by atoms with Crippen LogP contribution in [0.5, 0.6) is 0 Å². The summed E-state index contributed by atoms with van der Waals surface area (Å²) in [6.07, 6.45) is 2.44. The van der Waals surface area contributed by atoms with Crippen LogP contribution in [0.15, 0.2) is 28.7 Å². The van der Waals surface area contributed by atoms with E-state index in [4.69, 9.17) is 4.98 Å². The molecule has 1 amide bonds. The number of rotatable bonds is 7. The van der Waals surface area contributed by atoms with E-state index in [1.165, 1.54) is 29.7 Å². The van der Waals surface area contributed by atoms with E-state index in [2.05, 4.69) is 34.7 Å². The quantitative estimate of drug-likeness (QED) is 0.483. The zero-order valence-corrected chi connectivity index (χ0v) is 18.8. The predicted molar refractivity (Wildman–Crippen MR) is 118 cm³/mol. The second-order valence-corrected chi connectivity index (χ2v) is 9.19. The van der Waals surface area contributed by atoms with E-state index in [1.807, 2.05) is 24.4 Å². The summed E-state index contributed by atoms with van der Waals surface area (Å²) in [5.41, 5.74) is 4.08. The van der Waals surface area contributed by atoms with Crippen molar-refractivity contribution in [2.75, 3.05) is 4.90 Å². The summed E-state index contributed by atoms with van der Waals surface area (Å²) in [5, 5.41) is 12.5. The number of hydrogen-bond acceptors (Lipinski definition) is 6. The Morgan fingerprint density at radius 1 is 1.31 bits per heavy atom. The highest BCUT2D eigenvalue weighted by Crippen LogP contribution is 2.40.